The molecule has 1 aliphatic carbocycles. The summed E-state index contributed by atoms with van der Waals surface area (Å²) in [7, 11) is 0. The Hall–Kier alpha value is -1.03. The largest absolute Gasteiger partial charge is 0.444 e. The highest BCUT2D eigenvalue weighted by Crippen LogP contribution is 2.23. The first kappa shape index (κ1) is 16.3. The third-order valence-electron chi connectivity index (χ3n) is 4.21. The Morgan fingerprint density at radius 2 is 2.10 bits per heavy atom. The predicted molar refractivity (Wildman–Crippen MR) is 85.3 cm³/mol. The molecule has 0 spiro atoms. The van der Waals surface area contributed by atoms with Gasteiger partial charge in [0, 0.05) is 19.6 Å². The van der Waals surface area contributed by atoms with Gasteiger partial charge in [-0.3, -0.25) is 0 Å². The van der Waals surface area contributed by atoms with Gasteiger partial charge in [-0.1, -0.05) is 24.5 Å². The normalized spacial score (nSPS) is 20.5. The number of amides is 1. The third kappa shape index (κ3) is 5.70. The molecular weight excluding hydrogens is 264 g/mol. The molecule has 1 N–H and O–H groups in total. The van der Waals surface area contributed by atoms with Gasteiger partial charge in [0.1, 0.15) is 5.60 Å². The van der Waals surface area contributed by atoms with Crippen LogP contribution in [0.25, 0.3) is 0 Å². The van der Waals surface area contributed by atoms with Gasteiger partial charge < -0.3 is 15.0 Å². The van der Waals surface area contributed by atoms with E-state index in [2.05, 4.69) is 11.4 Å². The molecule has 21 heavy (non-hydrogen) atoms. The van der Waals surface area contributed by atoms with Crippen LogP contribution in [-0.4, -0.2) is 42.8 Å². The molecule has 0 aromatic carbocycles. The van der Waals surface area contributed by atoms with E-state index >= 15 is 0 Å². The number of carbonyl (C=O) groups excluding carboxylic acids is 1. The second-order valence-corrected chi connectivity index (χ2v) is 7.32. The summed E-state index contributed by atoms with van der Waals surface area (Å²) in [6.07, 6.45) is 8.51. The van der Waals surface area contributed by atoms with Crippen molar-refractivity contribution >= 4 is 6.09 Å². The number of carbonyl (C=O) groups is 1. The molecule has 1 aliphatic heterocycles. The fourth-order valence-corrected chi connectivity index (χ4v) is 3.02. The van der Waals surface area contributed by atoms with Gasteiger partial charge in [-0.05, 0) is 52.5 Å². The van der Waals surface area contributed by atoms with E-state index in [-0.39, 0.29) is 6.09 Å². The zero-order valence-electron chi connectivity index (χ0n) is 13.8. The SMILES string of the molecule is CC(C)(C)OC(=O)N1CC=C(CNCC2CCCC2)CC1. The first-order chi connectivity index (χ1) is 9.94. The van der Waals surface area contributed by atoms with Gasteiger partial charge in [0.15, 0.2) is 0 Å². The molecule has 1 heterocycles. The molecule has 2 rings (SSSR count). The van der Waals surface area contributed by atoms with Gasteiger partial charge in [0.25, 0.3) is 0 Å². The summed E-state index contributed by atoms with van der Waals surface area (Å²) < 4.78 is 5.40. The lowest BCUT2D eigenvalue weighted by Crippen LogP contribution is -2.40. The molecule has 0 aromatic rings. The number of ether oxygens (including phenoxy) is 1. The van der Waals surface area contributed by atoms with Gasteiger partial charge in [-0.15, -0.1) is 0 Å². The minimum atomic E-state index is -0.413. The van der Waals surface area contributed by atoms with E-state index in [0.717, 1.165) is 32.0 Å². The second-order valence-electron chi connectivity index (χ2n) is 7.32. The van der Waals surface area contributed by atoms with Crippen LogP contribution in [-0.2, 0) is 4.74 Å². The van der Waals surface area contributed by atoms with Crippen molar-refractivity contribution in [3.05, 3.63) is 11.6 Å². The van der Waals surface area contributed by atoms with E-state index in [1.165, 1.54) is 31.3 Å². The van der Waals surface area contributed by atoms with Crippen molar-refractivity contribution in [3.63, 3.8) is 0 Å². The summed E-state index contributed by atoms with van der Waals surface area (Å²) in [6, 6.07) is 0. The topological polar surface area (TPSA) is 41.6 Å². The molecule has 0 unspecified atom stereocenters. The van der Waals surface area contributed by atoms with Gasteiger partial charge in [0.05, 0.1) is 0 Å². The summed E-state index contributed by atoms with van der Waals surface area (Å²) in [5.41, 5.74) is 1.01. The van der Waals surface area contributed by atoms with Crippen molar-refractivity contribution < 1.29 is 9.53 Å². The molecule has 1 fully saturated rings. The first-order valence-electron chi connectivity index (χ1n) is 8.30. The number of rotatable bonds is 4. The van der Waals surface area contributed by atoms with E-state index in [0.29, 0.717) is 6.54 Å². The Bertz CT molecular complexity index is 379. The lowest BCUT2D eigenvalue weighted by atomic mass is 10.1. The van der Waals surface area contributed by atoms with E-state index in [9.17, 15) is 4.79 Å². The van der Waals surface area contributed by atoms with Gasteiger partial charge in [-0.25, -0.2) is 4.79 Å². The van der Waals surface area contributed by atoms with Crippen LogP contribution < -0.4 is 5.32 Å². The Balaban J connectivity index is 1.67. The van der Waals surface area contributed by atoms with Gasteiger partial charge in [-0.2, -0.15) is 0 Å². The molecule has 1 saturated carbocycles. The van der Waals surface area contributed by atoms with Crippen molar-refractivity contribution in [2.45, 2.75) is 58.5 Å². The van der Waals surface area contributed by atoms with Crippen LogP contribution in [0.1, 0.15) is 52.9 Å². The fourth-order valence-electron chi connectivity index (χ4n) is 3.02. The maximum absolute atomic E-state index is 12.0. The summed E-state index contributed by atoms with van der Waals surface area (Å²) in [5.74, 6) is 0.882. The van der Waals surface area contributed by atoms with Crippen LogP contribution in [0.5, 0.6) is 0 Å². The van der Waals surface area contributed by atoms with E-state index < -0.39 is 5.60 Å². The monoisotopic (exact) mass is 294 g/mol. The van der Waals surface area contributed by atoms with Crippen LogP contribution in [0.2, 0.25) is 0 Å². The molecule has 0 atom stereocenters. The lowest BCUT2D eigenvalue weighted by molar-refractivity contribution is 0.0265. The maximum atomic E-state index is 12.0. The highest BCUT2D eigenvalue weighted by atomic mass is 16.6. The molecule has 120 valence electrons. The van der Waals surface area contributed by atoms with Crippen LogP contribution >= 0.6 is 0 Å². The average molecular weight is 294 g/mol. The predicted octanol–water partition coefficient (Wildman–Crippen LogP) is 3.33. The van der Waals surface area contributed by atoms with Gasteiger partial charge >= 0.3 is 6.09 Å². The van der Waals surface area contributed by atoms with Crippen molar-refractivity contribution in [2.75, 3.05) is 26.2 Å². The standard InChI is InChI=1S/C17H30N2O2/c1-17(2,3)21-16(20)19-10-8-15(9-11-19)13-18-12-14-6-4-5-7-14/h8,14,18H,4-7,9-13H2,1-3H3. The van der Waals surface area contributed by atoms with Crippen molar-refractivity contribution in [1.29, 1.82) is 0 Å². The Morgan fingerprint density at radius 1 is 1.38 bits per heavy atom. The fraction of sp³-hybridized carbons (Fsp3) is 0.824. The minimum absolute atomic E-state index is 0.197. The second kappa shape index (κ2) is 7.30. The van der Waals surface area contributed by atoms with Gasteiger partial charge in [0.2, 0.25) is 0 Å². The summed E-state index contributed by atoms with van der Waals surface area (Å²) in [5, 5.41) is 3.58. The summed E-state index contributed by atoms with van der Waals surface area (Å²) in [4.78, 5) is 13.8. The zero-order valence-corrected chi connectivity index (χ0v) is 13.8. The maximum Gasteiger partial charge on any atom is 0.410 e. The smallest absolute Gasteiger partial charge is 0.410 e. The summed E-state index contributed by atoms with van der Waals surface area (Å²) in [6.45, 7) is 9.28. The highest BCUT2D eigenvalue weighted by Gasteiger charge is 2.23. The Labute approximate surface area is 128 Å². The molecule has 4 heteroatoms. The number of hydrogen-bond donors (Lipinski definition) is 1. The van der Waals surface area contributed by atoms with E-state index in [1.54, 1.807) is 4.90 Å². The van der Waals surface area contributed by atoms with Crippen molar-refractivity contribution in [2.24, 2.45) is 5.92 Å². The molecule has 0 radical (unpaired) electrons. The molecular formula is C17H30N2O2. The molecule has 1 amide bonds. The molecule has 0 saturated heterocycles. The first-order valence-corrected chi connectivity index (χ1v) is 8.30. The van der Waals surface area contributed by atoms with Crippen LogP contribution in [0.15, 0.2) is 11.6 Å². The van der Waals surface area contributed by atoms with E-state index in [1.807, 2.05) is 20.8 Å². The van der Waals surface area contributed by atoms with Crippen molar-refractivity contribution in [1.82, 2.24) is 10.2 Å². The third-order valence-corrected chi connectivity index (χ3v) is 4.21. The van der Waals surface area contributed by atoms with Crippen LogP contribution in [0.3, 0.4) is 0 Å². The molecule has 4 nitrogen and oxygen atoms in total. The Kier molecular flexibility index (Phi) is 5.68. The summed E-state index contributed by atoms with van der Waals surface area (Å²) >= 11 is 0. The molecule has 0 aromatic heterocycles. The average Bonchev–Trinajstić information content (AvgIpc) is 2.91. The number of hydrogen-bond acceptors (Lipinski definition) is 3. The Morgan fingerprint density at radius 3 is 2.67 bits per heavy atom. The highest BCUT2D eigenvalue weighted by molar-refractivity contribution is 5.68. The number of nitrogens with one attached hydrogen (secondary N) is 1. The van der Waals surface area contributed by atoms with Crippen LogP contribution in [0, 0.1) is 5.92 Å². The zero-order chi connectivity index (χ0) is 15.3. The quantitative estimate of drug-likeness (QED) is 0.809. The van der Waals surface area contributed by atoms with Crippen LogP contribution in [0.4, 0.5) is 4.79 Å². The lowest BCUT2D eigenvalue weighted by Gasteiger charge is -2.29. The van der Waals surface area contributed by atoms with Crippen molar-refractivity contribution in [3.8, 4) is 0 Å². The molecule has 2 aliphatic rings. The number of nitrogens with zero attached hydrogens (tertiary/aromatic N) is 1. The minimum Gasteiger partial charge on any atom is -0.444 e. The van der Waals surface area contributed by atoms with E-state index in [4.69, 9.17) is 4.74 Å². The molecule has 0 bridgehead atoms.